The van der Waals surface area contributed by atoms with Crippen molar-refractivity contribution < 1.29 is 8.42 Å². The predicted octanol–water partition coefficient (Wildman–Crippen LogP) is 3.38. The van der Waals surface area contributed by atoms with E-state index in [0.29, 0.717) is 12.3 Å². The molecule has 0 aliphatic rings. The minimum atomic E-state index is -3.20. The van der Waals surface area contributed by atoms with Gasteiger partial charge >= 0.3 is 0 Å². The molecule has 0 saturated carbocycles. The van der Waals surface area contributed by atoms with Crippen molar-refractivity contribution in [3.05, 3.63) is 15.6 Å². The van der Waals surface area contributed by atoms with Crippen LogP contribution < -0.4 is 0 Å². The van der Waals surface area contributed by atoms with Gasteiger partial charge in [0.05, 0.1) is 22.5 Å². The third kappa shape index (κ3) is 4.27. The molecule has 1 rings (SSSR count). The Hall–Kier alpha value is -0.460. The summed E-state index contributed by atoms with van der Waals surface area (Å²) in [5.74, 6) is 0.606. The van der Waals surface area contributed by atoms with Gasteiger partial charge in [0.2, 0.25) is 10.0 Å². The number of thiazole rings is 1. The summed E-state index contributed by atoms with van der Waals surface area (Å²) < 4.78 is 26.2. The summed E-state index contributed by atoms with van der Waals surface area (Å²) in [5, 5.41) is 1.07. The highest BCUT2D eigenvalue weighted by Gasteiger charge is 2.27. The Balaban J connectivity index is 2.89. The van der Waals surface area contributed by atoms with Gasteiger partial charge in [-0.3, -0.25) is 0 Å². The molecule has 1 aromatic rings. The van der Waals surface area contributed by atoms with Crippen molar-refractivity contribution in [1.29, 1.82) is 0 Å². The van der Waals surface area contributed by atoms with Crippen molar-refractivity contribution in [3.8, 4) is 0 Å². The lowest BCUT2D eigenvalue weighted by molar-refractivity contribution is 0.398. The van der Waals surface area contributed by atoms with E-state index in [0.717, 1.165) is 22.0 Å². The fourth-order valence-corrected chi connectivity index (χ4v) is 4.75. The number of hydrogen-bond donors (Lipinski definition) is 0. The van der Waals surface area contributed by atoms with E-state index in [1.807, 2.05) is 27.7 Å². The standard InChI is InChI=1S/C14H26N2O2S2/c1-7-13-15-11(4)14(19-13)12(5)16(6)20(17,18)9-8-10(2)3/h10,12H,7-9H2,1-6H3. The zero-order valence-electron chi connectivity index (χ0n) is 13.3. The van der Waals surface area contributed by atoms with E-state index < -0.39 is 10.0 Å². The van der Waals surface area contributed by atoms with Crippen LogP contribution in [0.2, 0.25) is 0 Å². The van der Waals surface area contributed by atoms with Crippen molar-refractivity contribution in [3.63, 3.8) is 0 Å². The first kappa shape index (κ1) is 17.6. The number of sulfonamides is 1. The van der Waals surface area contributed by atoms with E-state index in [9.17, 15) is 8.42 Å². The Morgan fingerprint density at radius 1 is 1.30 bits per heavy atom. The molecular formula is C14H26N2O2S2. The molecule has 0 radical (unpaired) electrons. The third-order valence-corrected chi connectivity index (χ3v) is 6.91. The summed E-state index contributed by atoms with van der Waals surface area (Å²) in [6, 6.07) is -0.148. The fraction of sp³-hybridized carbons (Fsp3) is 0.786. The van der Waals surface area contributed by atoms with Gasteiger partial charge in [-0.05, 0) is 32.6 Å². The molecule has 0 aliphatic heterocycles. The van der Waals surface area contributed by atoms with E-state index >= 15 is 0 Å². The van der Waals surface area contributed by atoms with Crippen molar-refractivity contribution in [1.82, 2.24) is 9.29 Å². The number of aryl methyl sites for hydroxylation is 2. The van der Waals surface area contributed by atoms with E-state index in [1.54, 1.807) is 18.4 Å². The maximum absolute atomic E-state index is 12.3. The Morgan fingerprint density at radius 2 is 1.90 bits per heavy atom. The normalized spacial score (nSPS) is 14.2. The highest BCUT2D eigenvalue weighted by atomic mass is 32.2. The molecule has 1 heterocycles. The van der Waals surface area contributed by atoms with Gasteiger partial charge in [0.1, 0.15) is 0 Å². The topological polar surface area (TPSA) is 50.3 Å². The molecule has 1 aromatic heterocycles. The molecule has 0 aliphatic carbocycles. The molecular weight excluding hydrogens is 292 g/mol. The minimum absolute atomic E-state index is 0.148. The molecule has 116 valence electrons. The molecule has 0 spiro atoms. The van der Waals surface area contributed by atoms with Crippen LogP contribution in [0, 0.1) is 12.8 Å². The molecule has 0 N–H and O–H groups in total. The Kier molecular flexibility index (Phi) is 6.16. The number of aromatic nitrogens is 1. The summed E-state index contributed by atoms with van der Waals surface area (Å²) in [6.07, 6.45) is 1.59. The van der Waals surface area contributed by atoms with Crippen LogP contribution in [0.1, 0.15) is 55.7 Å². The van der Waals surface area contributed by atoms with Crippen molar-refractivity contribution in [2.75, 3.05) is 12.8 Å². The van der Waals surface area contributed by atoms with E-state index in [4.69, 9.17) is 0 Å². The van der Waals surface area contributed by atoms with Crippen LogP contribution in [0.15, 0.2) is 0 Å². The molecule has 20 heavy (non-hydrogen) atoms. The summed E-state index contributed by atoms with van der Waals surface area (Å²) in [6.45, 7) is 10.0. The van der Waals surface area contributed by atoms with Crippen LogP contribution in [-0.4, -0.2) is 30.5 Å². The van der Waals surface area contributed by atoms with E-state index in [2.05, 4.69) is 11.9 Å². The van der Waals surface area contributed by atoms with Crippen molar-refractivity contribution in [2.45, 2.75) is 53.5 Å². The van der Waals surface area contributed by atoms with Crippen LogP contribution in [0.5, 0.6) is 0 Å². The molecule has 1 unspecified atom stereocenters. The summed E-state index contributed by atoms with van der Waals surface area (Å²) in [5.41, 5.74) is 0.949. The van der Waals surface area contributed by atoms with Crippen molar-refractivity contribution in [2.24, 2.45) is 5.92 Å². The highest BCUT2D eigenvalue weighted by Crippen LogP contribution is 2.30. The molecule has 6 heteroatoms. The smallest absolute Gasteiger partial charge is 0.214 e. The second-order valence-corrected chi connectivity index (χ2v) is 8.86. The third-order valence-electron chi connectivity index (χ3n) is 3.50. The first-order chi connectivity index (χ1) is 9.19. The van der Waals surface area contributed by atoms with E-state index in [1.165, 1.54) is 4.31 Å². The fourth-order valence-electron chi connectivity index (χ4n) is 1.94. The van der Waals surface area contributed by atoms with Crippen LogP contribution in [0.3, 0.4) is 0 Å². The Labute approximate surface area is 127 Å². The second kappa shape index (κ2) is 7.00. The lowest BCUT2D eigenvalue weighted by Gasteiger charge is -2.24. The van der Waals surface area contributed by atoms with Gasteiger partial charge in [-0.2, -0.15) is 4.31 Å². The molecule has 0 fully saturated rings. The van der Waals surface area contributed by atoms with Gasteiger partial charge in [0.25, 0.3) is 0 Å². The summed E-state index contributed by atoms with van der Waals surface area (Å²) in [7, 11) is -1.53. The van der Waals surface area contributed by atoms with Crippen LogP contribution in [0.25, 0.3) is 0 Å². The summed E-state index contributed by atoms with van der Waals surface area (Å²) in [4.78, 5) is 5.54. The largest absolute Gasteiger partial charge is 0.246 e. The maximum Gasteiger partial charge on any atom is 0.214 e. The molecule has 0 saturated heterocycles. The van der Waals surface area contributed by atoms with Gasteiger partial charge < -0.3 is 0 Å². The first-order valence-corrected chi connectivity index (χ1v) is 9.53. The Bertz CT molecular complexity index is 535. The number of hydrogen-bond acceptors (Lipinski definition) is 4. The highest BCUT2D eigenvalue weighted by molar-refractivity contribution is 7.89. The SMILES string of the molecule is CCc1nc(C)c(C(C)N(C)S(=O)(=O)CCC(C)C)s1. The molecule has 4 nitrogen and oxygen atoms in total. The first-order valence-electron chi connectivity index (χ1n) is 7.11. The lowest BCUT2D eigenvalue weighted by Crippen LogP contribution is -2.32. The quantitative estimate of drug-likeness (QED) is 0.774. The average Bonchev–Trinajstić information content (AvgIpc) is 2.76. The molecule has 0 aromatic carbocycles. The number of rotatable bonds is 7. The molecule has 0 bridgehead atoms. The van der Waals surface area contributed by atoms with Gasteiger partial charge in [0, 0.05) is 11.9 Å². The molecule has 1 atom stereocenters. The summed E-state index contributed by atoms with van der Waals surface area (Å²) >= 11 is 1.62. The van der Waals surface area contributed by atoms with Crippen LogP contribution in [0.4, 0.5) is 0 Å². The average molecular weight is 319 g/mol. The minimum Gasteiger partial charge on any atom is -0.246 e. The number of nitrogens with zero attached hydrogens (tertiary/aromatic N) is 2. The monoisotopic (exact) mass is 318 g/mol. The predicted molar refractivity (Wildman–Crippen MR) is 85.6 cm³/mol. The van der Waals surface area contributed by atoms with Crippen LogP contribution in [-0.2, 0) is 16.4 Å². The van der Waals surface area contributed by atoms with Gasteiger partial charge in [0.15, 0.2) is 0 Å². The van der Waals surface area contributed by atoms with Gasteiger partial charge in [-0.15, -0.1) is 11.3 Å². The maximum atomic E-state index is 12.3. The lowest BCUT2D eigenvalue weighted by atomic mass is 10.2. The van der Waals surface area contributed by atoms with E-state index in [-0.39, 0.29) is 11.8 Å². The van der Waals surface area contributed by atoms with Crippen LogP contribution >= 0.6 is 11.3 Å². The van der Waals surface area contributed by atoms with Gasteiger partial charge in [-0.1, -0.05) is 20.8 Å². The zero-order valence-corrected chi connectivity index (χ0v) is 14.9. The Morgan fingerprint density at radius 3 is 2.35 bits per heavy atom. The van der Waals surface area contributed by atoms with Gasteiger partial charge in [-0.25, -0.2) is 13.4 Å². The molecule has 0 amide bonds. The second-order valence-electron chi connectivity index (χ2n) is 5.60. The van der Waals surface area contributed by atoms with Crippen molar-refractivity contribution >= 4 is 21.4 Å². The zero-order chi connectivity index (χ0) is 15.5.